The summed E-state index contributed by atoms with van der Waals surface area (Å²) in [6, 6.07) is 26.3. The van der Waals surface area contributed by atoms with Crippen LogP contribution in [0.3, 0.4) is 0 Å². The van der Waals surface area contributed by atoms with Crippen molar-refractivity contribution in [1.29, 1.82) is 0 Å². The number of hydrogen-bond donors (Lipinski definition) is 2. The number of para-hydroxylation sites is 2. The molecule has 0 bridgehead atoms. The Morgan fingerprint density at radius 2 is 1.00 bits per heavy atom. The summed E-state index contributed by atoms with van der Waals surface area (Å²) in [5.74, 6) is 0. The Morgan fingerprint density at radius 1 is 0.520 bits per heavy atom. The van der Waals surface area contributed by atoms with Crippen LogP contribution in [0.25, 0.3) is 21.8 Å². The van der Waals surface area contributed by atoms with E-state index in [2.05, 4.69) is 51.4 Å². The van der Waals surface area contributed by atoms with Gasteiger partial charge in [0.25, 0.3) is 0 Å². The molecule has 126 valence electrons. The monoisotopic (exact) mass is 393 g/mol. The standard InChI is InChI=1S/2C8H7N.C5H5N.BrH/c2*1-2-4-8-7(3-1)5-6-9-8;1-2-4-6-5-3-1;/h2*1-6,9H;1-5H;1H. The molecule has 0 saturated heterocycles. The fourth-order valence-corrected chi connectivity index (χ4v) is 2.30. The Labute approximate surface area is 157 Å². The number of nitrogens with zero attached hydrogens (tertiary/aromatic N) is 1. The Balaban J connectivity index is 0.000000136. The number of H-pyrrole nitrogens is 2. The van der Waals surface area contributed by atoms with Crippen molar-refractivity contribution in [3.63, 3.8) is 0 Å². The third-order valence-electron chi connectivity index (χ3n) is 3.49. The second-order valence-corrected chi connectivity index (χ2v) is 5.15. The highest BCUT2D eigenvalue weighted by Crippen LogP contribution is 2.09. The zero-order valence-electron chi connectivity index (χ0n) is 13.7. The number of rotatable bonds is 0. The molecule has 2 N–H and O–H groups in total. The minimum Gasteiger partial charge on any atom is -0.361 e. The fraction of sp³-hybridized carbons (Fsp3) is 0. The van der Waals surface area contributed by atoms with E-state index in [1.165, 1.54) is 21.8 Å². The SMILES string of the molecule is Br.c1ccc2[nH]ccc2c1.c1ccc2[nH]ccc2c1.c1ccncc1. The van der Waals surface area contributed by atoms with Gasteiger partial charge in [-0.05, 0) is 47.2 Å². The summed E-state index contributed by atoms with van der Waals surface area (Å²) in [5.41, 5.74) is 2.41. The highest BCUT2D eigenvalue weighted by atomic mass is 79.9. The van der Waals surface area contributed by atoms with Crippen molar-refractivity contribution in [1.82, 2.24) is 15.0 Å². The third kappa shape index (κ3) is 5.62. The van der Waals surface area contributed by atoms with Gasteiger partial charge in [-0.15, -0.1) is 17.0 Å². The number of aromatic amines is 2. The summed E-state index contributed by atoms with van der Waals surface area (Å²) in [4.78, 5) is 10.0. The zero-order valence-corrected chi connectivity index (χ0v) is 15.4. The van der Waals surface area contributed by atoms with Crippen LogP contribution in [-0.4, -0.2) is 15.0 Å². The summed E-state index contributed by atoms with van der Waals surface area (Å²) in [5, 5.41) is 2.55. The number of benzene rings is 2. The van der Waals surface area contributed by atoms with Gasteiger partial charge in [-0.25, -0.2) is 0 Å². The van der Waals surface area contributed by atoms with E-state index < -0.39 is 0 Å². The third-order valence-corrected chi connectivity index (χ3v) is 3.49. The molecule has 0 saturated carbocycles. The van der Waals surface area contributed by atoms with Gasteiger partial charge in [-0.2, -0.15) is 0 Å². The molecule has 0 atom stereocenters. The highest BCUT2D eigenvalue weighted by Gasteiger charge is 1.87. The first kappa shape index (κ1) is 18.5. The second kappa shape index (κ2) is 10.1. The number of aromatic nitrogens is 3. The molecule has 3 nitrogen and oxygen atoms in total. The van der Waals surface area contributed by atoms with E-state index >= 15 is 0 Å². The minimum atomic E-state index is 0. The molecule has 0 spiro atoms. The molecule has 5 aromatic rings. The molecular formula is C21H20BrN3. The first-order valence-electron chi connectivity index (χ1n) is 7.83. The first-order chi connectivity index (χ1) is 11.9. The van der Waals surface area contributed by atoms with Crippen molar-refractivity contribution in [2.45, 2.75) is 0 Å². The lowest BCUT2D eigenvalue weighted by molar-refractivity contribution is 1.33. The van der Waals surface area contributed by atoms with Crippen molar-refractivity contribution in [3.05, 3.63) is 104 Å². The topological polar surface area (TPSA) is 44.5 Å². The van der Waals surface area contributed by atoms with Gasteiger partial charge in [0.1, 0.15) is 0 Å². The average molecular weight is 394 g/mol. The van der Waals surface area contributed by atoms with Crippen LogP contribution in [0.2, 0.25) is 0 Å². The molecule has 0 unspecified atom stereocenters. The van der Waals surface area contributed by atoms with Gasteiger partial charge in [0, 0.05) is 35.8 Å². The van der Waals surface area contributed by atoms with Crippen LogP contribution in [-0.2, 0) is 0 Å². The summed E-state index contributed by atoms with van der Waals surface area (Å²) in [6.07, 6.45) is 7.40. The van der Waals surface area contributed by atoms with E-state index in [4.69, 9.17) is 0 Å². The molecular weight excluding hydrogens is 374 g/mol. The minimum absolute atomic E-state index is 0. The summed E-state index contributed by atoms with van der Waals surface area (Å²) in [7, 11) is 0. The molecule has 5 rings (SSSR count). The van der Waals surface area contributed by atoms with Crippen LogP contribution in [0, 0.1) is 0 Å². The van der Waals surface area contributed by atoms with E-state index in [0.717, 1.165) is 0 Å². The van der Waals surface area contributed by atoms with Gasteiger partial charge in [0.05, 0.1) is 0 Å². The Hall–Kier alpha value is -2.85. The number of fused-ring (bicyclic) bond motifs is 2. The van der Waals surface area contributed by atoms with Crippen molar-refractivity contribution in [2.75, 3.05) is 0 Å². The number of nitrogens with one attached hydrogen (secondary N) is 2. The van der Waals surface area contributed by atoms with Gasteiger partial charge in [-0.1, -0.05) is 42.5 Å². The van der Waals surface area contributed by atoms with Crippen molar-refractivity contribution >= 4 is 38.8 Å². The molecule has 0 aliphatic heterocycles. The summed E-state index contributed by atoms with van der Waals surface area (Å²) < 4.78 is 0. The second-order valence-electron chi connectivity index (χ2n) is 5.15. The van der Waals surface area contributed by atoms with Gasteiger partial charge >= 0.3 is 0 Å². The van der Waals surface area contributed by atoms with Crippen LogP contribution in [0.1, 0.15) is 0 Å². The maximum Gasteiger partial charge on any atom is 0.0453 e. The van der Waals surface area contributed by atoms with E-state index in [0.29, 0.717) is 0 Å². The molecule has 25 heavy (non-hydrogen) atoms. The predicted octanol–water partition coefficient (Wildman–Crippen LogP) is 6.00. The lowest BCUT2D eigenvalue weighted by Gasteiger charge is -1.83. The molecule has 4 heteroatoms. The number of pyridine rings is 1. The van der Waals surface area contributed by atoms with Gasteiger partial charge in [-0.3, -0.25) is 4.98 Å². The van der Waals surface area contributed by atoms with Crippen LogP contribution in [0.5, 0.6) is 0 Å². The highest BCUT2D eigenvalue weighted by molar-refractivity contribution is 8.93. The van der Waals surface area contributed by atoms with Crippen LogP contribution in [0.4, 0.5) is 0 Å². The van der Waals surface area contributed by atoms with Crippen molar-refractivity contribution < 1.29 is 0 Å². The van der Waals surface area contributed by atoms with Crippen LogP contribution in [0.15, 0.2) is 104 Å². The molecule has 3 aromatic heterocycles. The van der Waals surface area contributed by atoms with Gasteiger partial charge in [0.15, 0.2) is 0 Å². The van der Waals surface area contributed by atoms with E-state index in [1.54, 1.807) is 12.4 Å². The lowest BCUT2D eigenvalue weighted by atomic mass is 10.3. The van der Waals surface area contributed by atoms with E-state index in [1.807, 2.05) is 54.9 Å². The van der Waals surface area contributed by atoms with Gasteiger partial charge in [0.2, 0.25) is 0 Å². The molecule has 0 aliphatic rings. The first-order valence-corrected chi connectivity index (χ1v) is 7.83. The van der Waals surface area contributed by atoms with E-state index in [9.17, 15) is 0 Å². The maximum atomic E-state index is 3.78. The molecule has 0 radical (unpaired) electrons. The molecule has 3 heterocycles. The Bertz CT molecular complexity index is 821. The molecule has 0 fully saturated rings. The largest absolute Gasteiger partial charge is 0.361 e. The average Bonchev–Trinajstić information content (AvgIpc) is 3.33. The summed E-state index contributed by atoms with van der Waals surface area (Å²) in [6.45, 7) is 0. The maximum absolute atomic E-state index is 3.78. The normalized spacial score (nSPS) is 9.28. The quantitative estimate of drug-likeness (QED) is 0.333. The van der Waals surface area contributed by atoms with Crippen LogP contribution >= 0.6 is 17.0 Å². The van der Waals surface area contributed by atoms with Gasteiger partial charge < -0.3 is 9.97 Å². The van der Waals surface area contributed by atoms with E-state index in [-0.39, 0.29) is 17.0 Å². The molecule has 0 amide bonds. The zero-order chi connectivity index (χ0) is 16.5. The van der Waals surface area contributed by atoms with Crippen molar-refractivity contribution in [3.8, 4) is 0 Å². The Kier molecular flexibility index (Phi) is 7.47. The summed E-state index contributed by atoms with van der Waals surface area (Å²) >= 11 is 0. The van der Waals surface area contributed by atoms with Crippen molar-refractivity contribution in [2.24, 2.45) is 0 Å². The number of hydrogen-bond acceptors (Lipinski definition) is 1. The Morgan fingerprint density at radius 3 is 1.36 bits per heavy atom. The smallest absolute Gasteiger partial charge is 0.0453 e. The van der Waals surface area contributed by atoms with Crippen LogP contribution < -0.4 is 0 Å². The lowest BCUT2D eigenvalue weighted by Crippen LogP contribution is -1.61. The fourth-order valence-electron chi connectivity index (χ4n) is 2.30. The predicted molar refractivity (Wildman–Crippen MR) is 111 cm³/mol. The number of halogens is 1. The molecule has 0 aliphatic carbocycles. The molecule has 2 aromatic carbocycles.